The number of tetrazole rings is 1. The molecule has 0 spiro atoms. The van der Waals surface area contributed by atoms with Crippen molar-refractivity contribution in [3.8, 4) is 11.4 Å². The topological polar surface area (TPSA) is 84.8 Å². The van der Waals surface area contributed by atoms with E-state index in [9.17, 15) is 0 Å². The molecule has 4 rings (SSSR count). The number of benzene rings is 1. The fourth-order valence-electron chi connectivity index (χ4n) is 3.42. The van der Waals surface area contributed by atoms with E-state index in [-0.39, 0.29) is 0 Å². The minimum Gasteiger partial charge on any atom is -0.497 e. The predicted octanol–water partition coefficient (Wildman–Crippen LogP) is 2.09. The van der Waals surface area contributed by atoms with Crippen LogP contribution >= 0.6 is 0 Å². The van der Waals surface area contributed by atoms with E-state index in [4.69, 9.17) is 4.74 Å². The van der Waals surface area contributed by atoms with Crippen molar-refractivity contribution in [3.05, 3.63) is 42.0 Å². The Morgan fingerprint density at radius 3 is 2.80 bits per heavy atom. The Labute approximate surface area is 145 Å². The van der Waals surface area contributed by atoms with E-state index in [1.807, 2.05) is 24.3 Å². The molecule has 3 heterocycles. The number of piperidine rings is 1. The van der Waals surface area contributed by atoms with Crippen LogP contribution in [0.2, 0.25) is 0 Å². The summed E-state index contributed by atoms with van der Waals surface area (Å²) < 4.78 is 7.07. The highest BCUT2D eigenvalue weighted by atomic mass is 16.5. The third-order valence-electron chi connectivity index (χ3n) is 4.78. The van der Waals surface area contributed by atoms with E-state index in [0.717, 1.165) is 43.3 Å². The van der Waals surface area contributed by atoms with E-state index < -0.39 is 0 Å². The first-order chi connectivity index (χ1) is 12.3. The second kappa shape index (κ2) is 6.54. The minimum absolute atomic E-state index is 0.489. The molecule has 0 amide bonds. The summed E-state index contributed by atoms with van der Waals surface area (Å²) in [4.78, 5) is 9.89. The molecule has 0 saturated carbocycles. The molecule has 130 valence electrons. The normalized spacial score (nSPS) is 15.5. The third kappa shape index (κ3) is 2.95. The van der Waals surface area contributed by atoms with Crippen LogP contribution in [0.3, 0.4) is 0 Å². The molecule has 8 heteroatoms. The lowest BCUT2D eigenvalue weighted by atomic mass is 9.93. The number of aromatic amines is 1. The lowest BCUT2D eigenvalue weighted by Gasteiger charge is -2.31. The second-order valence-electron chi connectivity index (χ2n) is 6.27. The van der Waals surface area contributed by atoms with Gasteiger partial charge in [0.25, 0.3) is 0 Å². The maximum Gasteiger partial charge on any atom is 0.250 e. The van der Waals surface area contributed by atoms with Gasteiger partial charge in [-0.2, -0.15) is 4.68 Å². The Hall–Kier alpha value is -2.90. The average Bonchev–Trinajstić information content (AvgIpc) is 3.31. The number of aromatic nitrogens is 6. The summed E-state index contributed by atoms with van der Waals surface area (Å²) in [5.41, 5.74) is 3.25. The van der Waals surface area contributed by atoms with Gasteiger partial charge in [0.15, 0.2) is 0 Å². The lowest BCUT2D eigenvalue weighted by Crippen LogP contribution is -2.35. The van der Waals surface area contributed by atoms with Crippen LogP contribution in [0.15, 0.2) is 30.6 Å². The summed E-state index contributed by atoms with van der Waals surface area (Å²) in [6.45, 7) is 3.89. The number of hydrogen-bond acceptors (Lipinski definition) is 6. The maximum absolute atomic E-state index is 5.30. The lowest BCUT2D eigenvalue weighted by molar-refractivity contribution is 0.414. The van der Waals surface area contributed by atoms with Crippen LogP contribution in [-0.2, 0) is 0 Å². The smallest absolute Gasteiger partial charge is 0.250 e. The van der Waals surface area contributed by atoms with Gasteiger partial charge in [-0.1, -0.05) is 11.2 Å². The van der Waals surface area contributed by atoms with Crippen LogP contribution in [0.4, 0.5) is 5.95 Å². The van der Waals surface area contributed by atoms with Crippen molar-refractivity contribution in [2.45, 2.75) is 25.7 Å². The quantitative estimate of drug-likeness (QED) is 0.783. The van der Waals surface area contributed by atoms with Gasteiger partial charge in [-0.25, -0.2) is 4.98 Å². The van der Waals surface area contributed by atoms with E-state index in [2.05, 4.69) is 37.3 Å². The zero-order valence-electron chi connectivity index (χ0n) is 14.4. The fraction of sp³-hybridized carbons (Fsp3) is 0.412. The highest BCUT2D eigenvalue weighted by molar-refractivity contribution is 5.44. The molecule has 1 saturated heterocycles. The number of anilines is 1. The maximum atomic E-state index is 5.30. The number of methoxy groups -OCH3 is 1. The van der Waals surface area contributed by atoms with Crippen molar-refractivity contribution in [2.75, 3.05) is 25.1 Å². The number of ether oxygens (including phenoxy) is 1. The molecule has 0 bridgehead atoms. The van der Waals surface area contributed by atoms with Crippen LogP contribution < -0.4 is 9.64 Å². The van der Waals surface area contributed by atoms with E-state index in [1.54, 1.807) is 18.1 Å². The van der Waals surface area contributed by atoms with Gasteiger partial charge in [-0.3, -0.25) is 0 Å². The van der Waals surface area contributed by atoms with Crippen LogP contribution in [-0.4, -0.2) is 50.4 Å². The largest absolute Gasteiger partial charge is 0.497 e. The molecule has 1 aliphatic rings. The van der Waals surface area contributed by atoms with Crippen molar-refractivity contribution in [2.24, 2.45) is 0 Å². The third-order valence-corrected chi connectivity index (χ3v) is 4.78. The molecule has 8 nitrogen and oxygen atoms in total. The Kier molecular flexibility index (Phi) is 4.09. The van der Waals surface area contributed by atoms with Crippen LogP contribution in [0, 0.1) is 6.92 Å². The highest BCUT2D eigenvalue weighted by Crippen LogP contribution is 2.30. The van der Waals surface area contributed by atoms with Crippen molar-refractivity contribution >= 4 is 5.95 Å². The van der Waals surface area contributed by atoms with Crippen molar-refractivity contribution in [1.29, 1.82) is 0 Å². The van der Waals surface area contributed by atoms with Gasteiger partial charge in [-0.15, -0.1) is 0 Å². The molecule has 25 heavy (non-hydrogen) atoms. The molecule has 2 aromatic heterocycles. The summed E-state index contributed by atoms with van der Waals surface area (Å²) in [5, 5.41) is 12.3. The second-order valence-corrected chi connectivity index (χ2v) is 6.27. The summed E-state index contributed by atoms with van der Waals surface area (Å²) in [6.07, 6.45) is 3.85. The van der Waals surface area contributed by atoms with E-state index in [0.29, 0.717) is 5.92 Å². The number of imidazole rings is 1. The van der Waals surface area contributed by atoms with Gasteiger partial charge in [0, 0.05) is 30.8 Å². The first-order valence-electron chi connectivity index (χ1n) is 8.44. The Balaban J connectivity index is 1.53. The summed E-state index contributed by atoms with van der Waals surface area (Å²) in [7, 11) is 1.65. The number of H-pyrrole nitrogens is 1. The van der Waals surface area contributed by atoms with Crippen LogP contribution in [0.1, 0.15) is 30.1 Å². The number of aryl methyl sites for hydroxylation is 1. The van der Waals surface area contributed by atoms with Gasteiger partial charge in [-0.05, 0) is 42.3 Å². The molecule has 0 atom stereocenters. The molecule has 1 N–H and O–H groups in total. The number of nitrogens with zero attached hydrogens (tertiary/aromatic N) is 6. The standard InChI is InChI=1S/C17H21N7O/c1-12-16(19-11-18-12)13-6-8-23(9-7-13)17-20-21-22-24(17)14-4-3-5-15(10-14)25-2/h3-5,10-11,13H,6-9H2,1-2H3,(H,18,19). The average molecular weight is 339 g/mol. The summed E-state index contributed by atoms with van der Waals surface area (Å²) in [6, 6.07) is 7.75. The van der Waals surface area contributed by atoms with Gasteiger partial charge in [0.1, 0.15) is 5.75 Å². The Morgan fingerprint density at radius 1 is 1.24 bits per heavy atom. The predicted molar refractivity (Wildman–Crippen MR) is 93.2 cm³/mol. The molecule has 0 aliphatic carbocycles. The summed E-state index contributed by atoms with van der Waals surface area (Å²) in [5.74, 6) is 2.04. The van der Waals surface area contributed by atoms with Crippen molar-refractivity contribution in [3.63, 3.8) is 0 Å². The first-order valence-corrected chi connectivity index (χ1v) is 8.44. The molecular weight excluding hydrogens is 318 g/mol. The molecule has 1 fully saturated rings. The van der Waals surface area contributed by atoms with Gasteiger partial charge >= 0.3 is 0 Å². The van der Waals surface area contributed by atoms with Crippen molar-refractivity contribution in [1.82, 2.24) is 30.2 Å². The SMILES string of the molecule is COc1cccc(-n2nnnc2N2CCC(c3nc[nH]c3C)CC2)c1. The van der Waals surface area contributed by atoms with E-state index >= 15 is 0 Å². The first kappa shape index (κ1) is 15.6. The number of hydrogen-bond donors (Lipinski definition) is 1. The highest BCUT2D eigenvalue weighted by Gasteiger charge is 2.26. The van der Waals surface area contributed by atoms with Crippen LogP contribution in [0.5, 0.6) is 5.75 Å². The monoisotopic (exact) mass is 339 g/mol. The molecule has 3 aromatic rings. The summed E-state index contributed by atoms with van der Waals surface area (Å²) >= 11 is 0. The van der Waals surface area contributed by atoms with E-state index in [1.165, 1.54) is 11.4 Å². The fourth-order valence-corrected chi connectivity index (χ4v) is 3.42. The van der Waals surface area contributed by atoms with Crippen molar-refractivity contribution < 1.29 is 4.74 Å². The molecule has 1 aliphatic heterocycles. The molecular formula is C17H21N7O. The zero-order valence-corrected chi connectivity index (χ0v) is 14.4. The Bertz CT molecular complexity index is 848. The molecule has 1 aromatic carbocycles. The van der Waals surface area contributed by atoms with Gasteiger partial charge in [0.05, 0.1) is 24.8 Å². The zero-order chi connectivity index (χ0) is 17.2. The van der Waals surface area contributed by atoms with Gasteiger partial charge in [0.2, 0.25) is 5.95 Å². The molecule has 0 radical (unpaired) electrons. The Morgan fingerprint density at radius 2 is 2.08 bits per heavy atom. The van der Waals surface area contributed by atoms with Gasteiger partial charge < -0.3 is 14.6 Å². The number of nitrogens with one attached hydrogen (secondary N) is 1. The molecule has 0 unspecified atom stereocenters. The number of rotatable bonds is 4. The minimum atomic E-state index is 0.489. The van der Waals surface area contributed by atoms with Crippen LogP contribution in [0.25, 0.3) is 5.69 Å².